The summed E-state index contributed by atoms with van der Waals surface area (Å²) < 4.78 is 0. The van der Waals surface area contributed by atoms with Gasteiger partial charge < -0.3 is 5.32 Å². The fraction of sp³-hybridized carbons (Fsp3) is 0.571. The van der Waals surface area contributed by atoms with Gasteiger partial charge in [-0.2, -0.15) is 0 Å². The summed E-state index contributed by atoms with van der Waals surface area (Å²) in [5, 5.41) is 4.74. The number of rotatable bonds is 3. The van der Waals surface area contributed by atoms with Gasteiger partial charge in [0.15, 0.2) is 5.17 Å². The highest BCUT2D eigenvalue weighted by atomic mass is 32.2. The number of pyridine rings is 1. The lowest BCUT2D eigenvalue weighted by Crippen LogP contribution is -2.41. The van der Waals surface area contributed by atoms with Gasteiger partial charge in [-0.05, 0) is 30.9 Å². The molecule has 0 amide bonds. The van der Waals surface area contributed by atoms with Crippen LogP contribution in [0.1, 0.15) is 25.0 Å². The molecule has 4 heteroatoms. The molecule has 0 radical (unpaired) electrons. The number of hydrogen-bond donors (Lipinski definition) is 1. The van der Waals surface area contributed by atoms with Crippen LogP contribution in [0.3, 0.4) is 0 Å². The van der Waals surface area contributed by atoms with E-state index in [2.05, 4.69) is 21.4 Å². The van der Waals surface area contributed by atoms with Crippen LogP contribution in [0.15, 0.2) is 29.4 Å². The van der Waals surface area contributed by atoms with Crippen molar-refractivity contribution in [1.29, 1.82) is 0 Å². The Bertz CT molecular complexity index is 418. The molecule has 2 heterocycles. The fourth-order valence-corrected chi connectivity index (χ4v) is 3.91. The smallest absolute Gasteiger partial charge is 0.156 e. The van der Waals surface area contributed by atoms with Gasteiger partial charge in [-0.3, -0.25) is 9.98 Å². The number of amidine groups is 1. The number of fused-ring (bicyclic) bond motifs is 1. The van der Waals surface area contributed by atoms with Gasteiger partial charge >= 0.3 is 0 Å². The Balaban J connectivity index is 1.51. The van der Waals surface area contributed by atoms with E-state index in [0.29, 0.717) is 6.04 Å². The largest absolute Gasteiger partial charge is 0.362 e. The number of hydrogen-bond acceptors (Lipinski definition) is 3. The van der Waals surface area contributed by atoms with Crippen LogP contribution in [-0.2, 0) is 6.42 Å². The quantitative estimate of drug-likeness (QED) is 0.908. The van der Waals surface area contributed by atoms with E-state index in [9.17, 15) is 0 Å². The minimum absolute atomic E-state index is 0.694. The second-order valence-corrected chi connectivity index (χ2v) is 6.02. The average Bonchev–Trinajstić information content (AvgIpc) is 2.87. The van der Waals surface area contributed by atoms with E-state index >= 15 is 0 Å². The number of aliphatic imine (C=N–C) groups is 1. The molecule has 1 aliphatic carbocycles. The molecule has 0 aromatic carbocycles. The van der Waals surface area contributed by atoms with Gasteiger partial charge in [0, 0.05) is 36.7 Å². The van der Waals surface area contributed by atoms with Crippen LogP contribution in [-0.4, -0.2) is 28.5 Å². The third-order valence-electron chi connectivity index (χ3n) is 3.75. The summed E-state index contributed by atoms with van der Waals surface area (Å²) in [5.74, 6) is 2.13. The van der Waals surface area contributed by atoms with E-state index in [1.807, 2.05) is 30.1 Å². The first-order valence-electron chi connectivity index (χ1n) is 6.75. The van der Waals surface area contributed by atoms with Gasteiger partial charge in [-0.15, -0.1) is 0 Å². The standard InChI is InChI=1S/C14H19N3S/c1-2-8-15-12(5-1)7-9-16-14-17-13-6-3-4-11(13)10-18-14/h1-2,5,8,11,13H,3-4,6-7,9-10H2,(H,16,17). The van der Waals surface area contributed by atoms with Crippen molar-refractivity contribution >= 4 is 16.9 Å². The summed E-state index contributed by atoms with van der Waals surface area (Å²) in [5.41, 5.74) is 1.13. The van der Waals surface area contributed by atoms with Gasteiger partial charge in [-0.25, -0.2) is 0 Å². The summed E-state index contributed by atoms with van der Waals surface area (Å²) in [6, 6.07) is 6.74. The van der Waals surface area contributed by atoms with Gasteiger partial charge in [0.05, 0.1) is 0 Å². The lowest BCUT2D eigenvalue weighted by molar-refractivity contribution is 0.490. The molecule has 1 aliphatic heterocycles. The zero-order valence-electron chi connectivity index (χ0n) is 10.5. The number of nitrogens with one attached hydrogen (secondary N) is 1. The van der Waals surface area contributed by atoms with Gasteiger partial charge in [-0.1, -0.05) is 24.2 Å². The van der Waals surface area contributed by atoms with Crippen LogP contribution in [0.25, 0.3) is 0 Å². The fourth-order valence-electron chi connectivity index (χ4n) is 2.72. The van der Waals surface area contributed by atoms with Crippen molar-refractivity contribution in [2.45, 2.75) is 31.7 Å². The Morgan fingerprint density at radius 1 is 1.39 bits per heavy atom. The molecule has 96 valence electrons. The van der Waals surface area contributed by atoms with Crippen molar-refractivity contribution < 1.29 is 0 Å². The van der Waals surface area contributed by atoms with Crippen LogP contribution in [0.4, 0.5) is 0 Å². The summed E-state index contributed by atoms with van der Waals surface area (Å²) in [6.07, 6.45) is 6.88. The number of thioether (sulfide) groups is 1. The molecule has 1 aromatic rings. The van der Waals surface area contributed by atoms with Crippen LogP contribution in [0.5, 0.6) is 0 Å². The molecule has 3 nitrogen and oxygen atoms in total. The summed E-state index contributed by atoms with van der Waals surface area (Å²) in [6.45, 7) is 0.837. The first-order chi connectivity index (χ1) is 8.92. The maximum absolute atomic E-state index is 4.67. The molecule has 2 aliphatic rings. The molecule has 18 heavy (non-hydrogen) atoms. The minimum Gasteiger partial charge on any atom is -0.362 e. The number of nitrogens with zero attached hydrogens (tertiary/aromatic N) is 2. The van der Waals surface area contributed by atoms with Crippen LogP contribution in [0.2, 0.25) is 0 Å². The second-order valence-electron chi connectivity index (χ2n) is 5.01. The zero-order chi connectivity index (χ0) is 12.2. The SMILES string of the molecule is c1ccc(CCN=C2NC3CCCC3CS2)nc1. The minimum atomic E-state index is 0.694. The monoisotopic (exact) mass is 261 g/mol. The lowest BCUT2D eigenvalue weighted by atomic mass is 10.1. The predicted molar refractivity (Wildman–Crippen MR) is 77.0 cm³/mol. The Morgan fingerprint density at radius 3 is 3.28 bits per heavy atom. The summed E-state index contributed by atoms with van der Waals surface area (Å²) >= 11 is 1.89. The highest BCUT2D eigenvalue weighted by Gasteiger charge is 2.31. The molecule has 2 fully saturated rings. The first kappa shape index (κ1) is 12.0. The molecular formula is C14H19N3S. The van der Waals surface area contributed by atoms with E-state index in [1.54, 1.807) is 0 Å². The summed E-state index contributed by atoms with van der Waals surface area (Å²) in [4.78, 5) is 8.99. The number of aromatic nitrogens is 1. The molecule has 1 saturated carbocycles. The predicted octanol–water partition coefficient (Wildman–Crippen LogP) is 2.49. The molecule has 2 unspecified atom stereocenters. The highest BCUT2D eigenvalue weighted by Crippen LogP contribution is 2.32. The third-order valence-corrected chi connectivity index (χ3v) is 4.87. The third kappa shape index (κ3) is 2.86. The zero-order valence-corrected chi connectivity index (χ0v) is 11.3. The molecular weight excluding hydrogens is 242 g/mol. The maximum Gasteiger partial charge on any atom is 0.156 e. The Labute approximate surface area is 112 Å². The Hall–Kier alpha value is -1.03. The first-order valence-corrected chi connectivity index (χ1v) is 7.74. The molecule has 1 N–H and O–H groups in total. The molecule has 0 bridgehead atoms. The highest BCUT2D eigenvalue weighted by molar-refractivity contribution is 8.13. The van der Waals surface area contributed by atoms with Crippen molar-refractivity contribution in [3.05, 3.63) is 30.1 Å². The van der Waals surface area contributed by atoms with Crippen LogP contribution in [0, 0.1) is 5.92 Å². The van der Waals surface area contributed by atoms with Crippen LogP contribution >= 0.6 is 11.8 Å². The van der Waals surface area contributed by atoms with Crippen molar-refractivity contribution in [3.8, 4) is 0 Å². The Kier molecular flexibility index (Phi) is 3.84. The van der Waals surface area contributed by atoms with Crippen molar-refractivity contribution in [2.24, 2.45) is 10.9 Å². The second kappa shape index (κ2) is 5.74. The molecule has 1 saturated heterocycles. The van der Waals surface area contributed by atoms with Crippen LogP contribution < -0.4 is 5.32 Å². The molecule has 0 spiro atoms. The van der Waals surface area contributed by atoms with Gasteiger partial charge in [0.2, 0.25) is 0 Å². The van der Waals surface area contributed by atoms with E-state index in [-0.39, 0.29) is 0 Å². The van der Waals surface area contributed by atoms with Crippen molar-refractivity contribution in [1.82, 2.24) is 10.3 Å². The topological polar surface area (TPSA) is 37.3 Å². The molecule has 3 rings (SSSR count). The Morgan fingerprint density at radius 2 is 2.39 bits per heavy atom. The normalized spacial score (nSPS) is 29.0. The average molecular weight is 261 g/mol. The van der Waals surface area contributed by atoms with Gasteiger partial charge in [0.1, 0.15) is 0 Å². The van der Waals surface area contributed by atoms with E-state index in [4.69, 9.17) is 0 Å². The van der Waals surface area contributed by atoms with Crippen molar-refractivity contribution in [3.63, 3.8) is 0 Å². The van der Waals surface area contributed by atoms with E-state index in [0.717, 1.165) is 29.7 Å². The van der Waals surface area contributed by atoms with E-state index in [1.165, 1.54) is 25.0 Å². The lowest BCUT2D eigenvalue weighted by Gasteiger charge is -2.28. The maximum atomic E-state index is 4.67. The summed E-state index contributed by atoms with van der Waals surface area (Å²) in [7, 11) is 0. The molecule has 2 atom stereocenters. The van der Waals surface area contributed by atoms with Crippen molar-refractivity contribution in [2.75, 3.05) is 12.3 Å². The van der Waals surface area contributed by atoms with Gasteiger partial charge in [0.25, 0.3) is 0 Å². The molecule has 1 aromatic heterocycles. The van der Waals surface area contributed by atoms with E-state index < -0.39 is 0 Å².